The predicted octanol–water partition coefficient (Wildman–Crippen LogP) is 3.42. The molecule has 3 heterocycles. The van der Waals surface area contributed by atoms with E-state index in [-0.39, 0.29) is 24.7 Å². The third-order valence-corrected chi connectivity index (χ3v) is 8.47. The zero-order chi connectivity index (χ0) is 28.0. The Hall–Kier alpha value is -2.43. The number of anilines is 1. The molecule has 3 aliphatic rings. The van der Waals surface area contributed by atoms with Crippen LogP contribution in [0.3, 0.4) is 0 Å². The Kier molecular flexibility index (Phi) is 7.99. The number of amides is 2. The van der Waals surface area contributed by atoms with Gasteiger partial charge in [-0.25, -0.2) is 4.79 Å². The average Bonchev–Trinajstić information content (AvgIpc) is 3.54. The maximum atomic E-state index is 13.2. The first-order valence-corrected chi connectivity index (χ1v) is 13.2. The van der Waals surface area contributed by atoms with Crippen molar-refractivity contribution in [1.29, 1.82) is 0 Å². The fourth-order valence-corrected chi connectivity index (χ4v) is 5.74. The number of benzene rings is 1. The van der Waals surface area contributed by atoms with Gasteiger partial charge in [0.25, 0.3) is 0 Å². The second-order valence-corrected chi connectivity index (χ2v) is 11.3. The molecule has 10 heteroatoms. The summed E-state index contributed by atoms with van der Waals surface area (Å²) in [5.74, 6) is -0.683. The van der Waals surface area contributed by atoms with Gasteiger partial charge < -0.3 is 29.3 Å². The summed E-state index contributed by atoms with van der Waals surface area (Å²) in [6.07, 6.45) is 1.93. The quantitative estimate of drug-likeness (QED) is 0.460. The van der Waals surface area contributed by atoms with Crippen LogP contribution in [0.1, 0.15) is 44.7 Å². The van der Waals surface area contributed by atoms with E-state index in [9.17, 15) is 19.8 Å². The molecular formula is C28H37ClN2O7. The van der Waals surface area contributed by atoms with Crippen LogP contribution in [0.2, 0.25) is 5.02 Å². The third-order valence-electron chi connectivity index (χ3n) is 7.98. The minimum absolute atomic E-state index is 0.0444. The molecule has 1 aromatic rings. The number of nitrogens with zero attached hydrogens (tertiary/aromatic N) is 1. The van der Waals surface area contributed by atoms with Gasteiger partial charge in [-0.1, -0.05) is 48.4 Å². The van der Waals surface area contributed by atoms with Crippen molar-refractivity contribution in [2.75, 3.05) is 19.1 Å². The van der Waals surface area contributed by atoms with Crippen LogP contribution in [0.25, 0.3) is 0 Å². The summed E-state index contributed by atoms with van der Waals surface area (Å²) in [6, 6.07) is 3.86. The molecule has 9 nitrogen and oxygen atoms in total. The lowest BCUT2D eigenvalue weighted by molar-refractivity contribution is -0.142. The molecule has 208 valence electrons. The summed E-state index contributed by atoms with van der Waals surface area (Å²) in [4.78, 5) is 27.1. The average molecular weight is 549 g/mol. The van der Waals surface area contributed by atoms with Crippen molar-refractivity contribution < 1.29 is 34.0 Å². The maximum absolute atomic E-state index is 13.2. The summed E-state index contributed by atoms with van der Waals surface area (Å²) < 4.78 is 17.0. The monoisotopic (exact) mass is 548 g/mol. The molecule has 38 heavy (non-hydrogen) atoms. The molecule has 7 atom stereocenters. The van der Waals surface area contributed by atoms with Crippen LogP contribution >= 0.6 is 11.6 Å². The second-order valence-electron chi connectivity index (χ2n) is 10.9. The van der Waals surface area contributed by atoms with Crippen molar-refractivity contribution in [2.45, 2.75) is 82.7 Å². The molecule has 0 radical (unpaired) electrons. The highest BCUT2D eigenvalue weighted by Crippen LogP contribution is 2.48. The van der Waals surface area contributed by atoms with Gasteiger partial charge in [-0.2, -0.15) is 0 Å². The number of carbonyl (C=O) groups is 2. The minimum atomic E-state index is -1.71. The molecule has 4 bridgehead atoms. The lowest BCUT2D eigenvalue weighted by Crippen LogP contribution is -2.63. The molecule has 2 fully saturated rings. The lowest BCUT2D eigenvalue weighted by atomic mass is 9.84. The van der Waals surface area contributed by atoms with Crippen LogP contribution in [0, 0.1) is 12.8 Å². The molecule has 0 aliphatic carbocycles. The number of methoxy groups -OCH3 is 1. The highest BCUT2D eigenvalue weighted by Gasteiger charge is 2.62. The summed E-state index contributed by atoms with van der Waals surface area (Å²) in [6.45, 7) is 7.43. The maximum Gasteiger partial charge on any atom is 0.409 e. The van der Waals surface area contributed by atoms with Gasteiger partial charge in [-0.15, -0.1) is 0 Å². The van der Waals surface area contributed by atoms with Crippen LogP contribution in [0.4, 0.5) is 10.5 Å². The third kappa shape index (κ3) is 5.49. The van der Waals surface area contributed by atoms with Gasteiger partial charge in [0.15, 0.2) is 5.72 Å². The highest BCUT2D eigenvalue weighted by atomic mass is 35.5. The van der Waals surface area contributed by atoms with E-state index in [2.05, 4.69) is 5.32 Å². The zero-order valence-corrected chi connectivity index (χ0v) is 23.4. The molecule has 0 saturated carbocycles. The van der Waals surface area contributed by atoms with Crippen molar-refractivity contribution in [3.8, 4) is 0 Å². The zero-order valence-electron chi connectivity index (χ0n) is 22.7. The Morgan fingerprint density at radius 3 is 2.66 bits per heavy atom. The smallest absolute Gasteiger partial charge is 0.409 e. The number of aliphatic hydroxyl groups excluding tert-OH is 1. The van der Waals surface area contributed by atoms with E-state index in [0.29, 0.717) is 17.1 Å². The van der Waals surface area contributed by atoms with E-state index in [4.69, 9.17) is 25.8 Å². The number of ether oxygens (including phenoxy) is 3. The summed E-state index contributed by atoms with van der Waals surface area (Å²) in [7, 11) is 3.10. The first-order valence-electron chi connectivity index (χ1n) is 12.8. The van der Waals surface area contributed by atoms with Gasteiger partial charge in [0.2, 0.25) is 5.91 Å². The normalized spacial score (nSPS) is 38.4. The molecular weight excluding hydrogens is 512 g/mol. The fourth-order valence-electron chi connectivity index (χ4n) is 5.50. The van der Waals surface area contributed by atoms with Crippen molar-refractivity contribution in [3.63, 3.8) is 0 Å². The number of aryl methyl sites for hydroxylation is 1. The van der Waals surface area contributed by atoms with Crippen LogP contribution in [-0.2, 0) is 25.4 Å². The van der Waals surface area contributed by atoms with Gasteiger partial charge >= 0.3 is 6.09 Å². The number of epoxide rings is 1. The van der Waals surface area contributed by atoms with Crippen LogP contribution in [0.5, 0.6) is 0 Å². The summed E-state index contributed by atoms with van der Waals surface area (Å²) in [5.41, 5.74) is 0.664. The number of carbonyl (C=O) groups excluding carboxylic acids is 2. The molecule has 3 aliphatic heterocycles. The molecule has 2 amide bonds. The predicted molar refractivity (Wildman–Crippen MR) is 143 cm³/mol. The molecule has 2 unspecified atom stereocenters. The van der Waals surface area contributed by atoms with Gasteiger partial charge in [0, 0.05) is 26.5 Å². The number of rotatable bonds is 1. The van der Waals surface area contributed by atoms with E-state index in [1.165, 1.54) is 12.0 Å². The van der Waals surface area contributed by atoms with Gasteiger partial charge in [0.05, 0.1) is 29.3 Å². The number of nitrogens with one attached hydrogen (secondary N) is 1. The number of hydrogen-bond acceptors (Lipinski definition) is 7. The first-order chi connectivity index (χ1) is 17.8. The number of alkyl carbamates (subject to hydrolysis) is 1. The van der Waals surface area contributed by atoms with E-state index >= 15 is 0 Å². The van der Waals surface area contributed by atoms with Gasteiger partial charge in [0.1, 0.15) is 17.8 Å². The number of allylic oxidation sites excluding steroid dienone is 3. The van der Waals surface area contributed by atoms with Crippen molar-refractivity contribution in [3.05, 3.63) is 52.1 Å². The number of hydrogen-bond donors (Lipinski definition) is 3. The van der Waals surface area contributed by atoms with Crippen molar-refractivity contribution in [2.24, 2.45) is 5.92 Å². The standard InChI is InChI=1S/C28H37ClN2O7/c1-15-8-7-9-22(36-6)28(35)14-20(37-26(34)30-28)17(3)25-27(4,38-25)21(32)13-23(33)31(5)19-12-18(10-15)11-16(2)24(19)29/h7-9,11-12,17,20-22,25,32,35H,10,13-14H2,1-6H3,(H,30,34)/b9-7+,15-8+/t17-,20+,21+,22-,25?,27?,28+/m1/s1. The lowest BCUT2D eigenvalue weighted by Gasteiger charge is -2.42. The Morgan fingerprint density at radius 2 is 1.97 bits per heavy atom. The Morgan fingerprint density at radius 1 is 1.26 bits per heavy atom. The van der Waals surface area contributed by atoms with E-state index in [0.717, 1.165) is 16.7 Å². The summed E-state index contributed by atoms with van der Waals surface area (Å²) >= 11 is 6.59. The van der Waals surface area contributed by atoms with E-state index < -0.39 is 41.8 Å². The number of fused-ring (bicyclic) bond motifs is 5. The van der Waals surface area contributed by atoms with Crippen LogP contribution < -0.4 is 10.2 Å². The molecule has 0 spiro atoms. The van der Waals surface area contributed by atoms with E-state index in [1.807, 2.05) is 39.0 Å². The molecule has 3 N–H and O–H groups in total. The Labute approximate surface area is 228 Å². The van der Waals surface area contributed by atoms with Crippen LogP contribution in [0.15, 0.2) is 35.9 Å². The molecule has 2 saturated heterocycles. The molecule has 4 rings (SSSR count). The van der Waals surface area contributed by atoms with Gasteiger partial charge in [-0.05, 0) is 44.4 Å². The van der Waals surface area contributed by atoms with E-state index in [1.54, 1.807) is 26.1 Å². The van der Waals surface area contributed by atoms with Crippen LogP contribution in [-0.4, -0.2) is 72.1 Å². The molecule has 0 aromatic heterocycles. The Bertz CT molecular complexity index is 1170. The first kappa shape index (κ1) is 28.6. The number of halogens is 1. The topological polar surface area (TPSA) is 121 Å². The summed E-state index contributed by atoms with van der Waals surface area (Å²) in [5, 5.41) is 25.4. The second kappa shape index (κ2) is 10.6. The van der Waals surface area contributed by atoms with Crippen molar-refractivity contribution in [1.82, 2.24) is 5.32 Å². The fraction of sp³-hybridized carbons (Fsp3) is 0.571. The molecule has 1 aromatic carbocycles. The minimum Gasteiger partial charge on any atom is -0.446 e. The largest absolute Gasteiger partial charge is 0.446 e. The SMILES string of the molecule is CO[C@@H]1/C=C/C=C(\C)Cc2cc(C)c(Cl)c(c2)N(C)C(=O)C[C@H](O)C2(C)OC2[C@H](C)[C@@H]2C[C@@]1(O)NC(=O)O2. The van der Waals surface area contributed by atoms with Crippen molar-refractivity contribution >= 4 is 29.3 Å². The Balaban J connectivity index is 1.73. The number of aliphatic hydroxyl groups is 2. The highest BCUT2D eigenvalue weighted by molar-refractivity contribution is 6.34. The van der Waals surface area contributed by atoms with Gasteiger partial charge in [-0.3, -0.25) is 10.1 Å².